The van der Waals surface area contributed by atoms with E-state index in [0.717, 1.165) is 12.1 Å². The van der Waals surface area contributed by atoms with Crippen molar-refractivity contribution in [3.63, 3.8) is 0 Å². The molecule has 1 aliphatic heterocycles. The molecule has 0 bridgehead atoms. The number of amides is 2. The van der Waals surface area contributed by atoms with E-state index in [1.54, 1.807) is 20.8 Å². The Balaban J connectivity index is 2.04. The number of benzene rings is 1. The predicted octanol–water partition coefficient (Wildman–Crippen LogP) is 3.42. The number of hydrogen-bond donors (Lipinski definition) is 0. The molecule has 1 aromatic carbocycles. The zero-order valence-corrected chi connectivity index (χ0v) is 14.7. The molecule has 0 radical (unpaired) electrons. The minimum atomic E-state index is -4.67. The SMILES string of the molecule is CC(C)(C)OC(=O)N1CCN(Cc2cc(F)cc(C(F)(F)F)c2)C(=O)C1. The van der Waals surface area contributed by atoms with Crippen molar-refractivity contribution < 1.29 is 31.9 Å². The molecule has 1 saturated heterocycles. The van der Waals surface area contributed by atoms with Crippen LogP contribution in [0.2, 0.25) is 0 Å². The highest BCUT2D eigenvalue weighted by Crippen LogP contribution is 2.30. The van der Waals surface area contributed by atoms with Gasteiger partial charge in [0.1, 0.15) is 18.0 Å². The average molecular weight is 376 g/mol. The maximum atomic E-state index is 13.5. The summed E-state index contributed by atoms with van der Waals surface area (Å²) >= 11 is 0. The van der Waals surface area contributed by atoms with Crippen LogP contribution >= 0.6 is 0 Å². The Hall–Kier alpha value is -2.32. The Morgan fingerprint density at radius 1 is 1.15 bits per heavy atom. The number of nitrogens with zero attached hydrogens (tertiary/aromatic N) is 2. The lowest BCUT2D eigenvalue weighted by Gasteiger charge is -2.35. The van der Waals surface area contributed by atoms with Crippen molar-refractivity contribution in [2.24, 2.45) is 0 Å². The minimum absolute atomic E-state index is 0.0383. The van der Waals surface area contributed by atoms with Crippen LogP contribution in [-0.2, 0) is 22.3 Å². The van der Waals surface area contributed by atoms with Gasteiger partial charge in [-0.25, -0.2) is 9.18 Å². The topological polar surface area (TPSA) is 49.9 Å². The second-order valence-electron chi connectivity index (χ2n) is 7.06. The first-order valence-corrected chi connectivity index (χ1v) is 7.97. The van der Waals surface area contributed by atoms with E-state index >= 15 is 0 Å². The van der Waals surface area contributed by atoms with Gasteiger partial charge in [0, 0.05) is 19.6 Å². The highest BCUT2D eigenvalue weighted by Gasteiger charge is 2.33. The molecule has 2 amide bonds. The Morgan fingerprint density at radius 2 is 1.81 bits per heavy atom. The molecule has 0 atom stereocenters. The molecule has 0 unspecified atom stereocenters. The molecular weight excluding hydrogens is 356 g/mol. The van der Waals surface area contributed by atoms with Gasteiger partial charge in [0.05, 0.1) is 5.56 Å². The van der Waals surface area contributed by atoms with Gasteiger partial charge >= 0.3 is 12.3 Å². The van der Waals surface area contributed by atoms with Crippen LogP contribution in [0.15, 0.2) is 18.2 Å². The molecule has 0 aromatic heterocycles. The lowest BCUT2D eigenvalue weighted by molar-refractivity contribution is -0.137. The van der Waals surface area contributed by atoms with Crippen molar-refractivity contribution >= 4 is 12.0 Å². The lowest BCUT2D eigenvalue weighted by Crippen LogP contribution is -2.52. The van der Waals surface area contributed by atoms with E-state index < -0.39 is 35.2 Å². The van der Waals surface area contributed by atoms with Crippen molar-refractivity contribution in [2.45, 2.75) is 39.1 Å². The molecule has 144 valence electrons. The van der Waals surface area contributed by atoms with Gasteiger partial charge in [-0.1, -0.05) is 0 Å². The second kappa shape index (κ2) is 7.13. The molecule has 1 aliphatic rings. The third kappa shape index (κ3) is 5.34. The van der Waals surface area contributed by atoms with E-state index in [9.17, 15) is 27.2 Å². The lowest BCUT2D eigenvalue weighted by atomic mass is 10.1. The summed E-state index contributed by atoms with van der Waals surface area (Å²) in [4.78, 5) is 26.7. The van der Waals surface area contributed by atoms with E-state index in [2.05, 4.69) is 0 Å². The van der Waals surface area contributed by atoms with Crippen LogP contribution in [-0.4, -0.2) is 47.0 Å². The highest BCUT2D eigenvalue weighted by molar-refractivity contribution is 5.83. The normalized spacial score (nSPS) is 16.0. The van der Waals surface area contributed by atoms with E-state index in [1.807, 2.05) is 0 Å². The van der Waals surface area contributed by atoms with Crippen LogP contribution in [0.5, 0.6) is 0 Å². The molecule has 0 N–H and O–H groups in total. The van der Waals surface area contributed by atoms with Gasteiger partial charge in [-0.3, -0.25) is 9.69 Å². The molecule has 0 aliphatic carbocycles. The van der Waals surface area contributed by atoms with Gasteiger partial charge in [0.15, 0.2) is 0 Å². The number of halogens is 4. The number of carbonyl (C=O) groups is 2. The molecule has 0 saturated carbocycles. The van der Waals surface area contributed by atoms with Crippen molar-refractivity contribution in [3.05, 3.63) is 35.1 Å². The maximum absolute atomic E-state index is 13.5. The van der Waals surface area contributed by atoms with Crippen LogP contribution in [0, 0.1) is 5.82 Å². The fraction of sp³-hybridized carbons (Fsp3) is 0.529. The number of carbonyl (C=O) groups excluding carboxylic acids is 2. The first-order chi connectivity index (χ1) is 11.8. The third-order valence-electron chi connectivity index (χ3n) is 3.63. The summed E-state index contributed by atoms with van der Waals surface area (Å²) in [5.41, 5.74) is -1.77. The minimum Gasteiger partial charge on any atom is -0.444 e. The van der Waals surface area contributed by atoms with Gasteiger partial charge in [0.2, 0.25) is 5.91 Å². The van der Waals surface area contributed by atoms with E-state index in [1.165, 1.54) is 9.80 Å². The van der Waals surface area contributed by atoms with Crippen molar-refractivity contribution in [1.29, 1.82) is 0 Å². The van der Waals surface area contributed by atoms with Crippen LogP contribution in [0.1, 0.15) is 31.9 Å². The standard InChI is InChI=1S/C17H20F4N2O3/c1-16(2,3)26-15(25)23-5-4-22(14(24)10-23)9-11-6-12(17(19,20)21)8-13(18)7-11/h6-8H,4-5,9-10H2,1-3H3. The molecular formula is C17H20F4N2O3. The Bertz CT molecular complexity index is 698. The van der Waals surface area contributed by atoms with Crippen molar-refractivity contribution in [3.8, 4) is 0 Å². The second-order valence-corrected chi connectivity index (χ2v) is 7.06. The number of ether oxygens (including phenoxy) is 1. The number of alkyl halides is 3. The van der Waals surface area contributed by atoms with Gasteiger partial charge < -0.3 is 9.64 Å². The Labute approximate surface area is 148 Å². The van der Waals surface area contributed by atoms with Gasteiger partial charge in [0.25, 0.3) is 0 Å². The van der Waals surface area contributed by atoms with Gasteiger partial charge in [-0.2, -0.15) is 13.2 Å². The molecule has 5 nitrogen and oxygen atoms in total. The smallest absolute Gasteiger partial charge is 0.416 e. The first kappa shape index (κ1) is 20.0. The van der Waals surface area contributed by atoms with Crippen molar-refractivity contribution in [2.75, 3.05) is 19.6 Å². The number of hydrogen-bond acceptors (Lipinski definition) is 3. The molecule has 1 fully saturated rings. The molecule has 9 heteroatoms. The summed E-state index contributed by atoms with van der Waals surface area (Å²) in [6.07, 6.45) is -5.30. The average Bonchev–Trinajstić information content (AvgIpc) is 2.46. The summed E-state index contributed by atoms with van der Waals surface area (Å²) in [6, 6.07) is 2.19. The molecule has 1 aromatic rings. The van der Waals surface area contributed by atoms with E-state index in [4.69, 9.17) is 4.74 Å². The van der Waals surface area contributed by atoms with Crippen LogP contribution < -0.4 is 0 Å². The maximum Gasteiger partial charge on any atom is 0.416 e. The zero-order chi connectivity index (χ0) is 19.7. The zero-order valence-electron chi connectivity index (χ0n) is 14.7. The third-order valence-corrected chi connectivity index (χ3v) is 3.63. The number of piperazine rings is 1. The monoisotopic (exact) mass is 376 g/mol. The van der Waals surface area contributed by atoms with Crippen LogP contribution in [0.25, 0.3) is 0 Å². The molecule has 26 heavy (non-hydrogen) atoms. The largest absolute Gasteiger partial charge is 0.444 e. The molecule has 0 spiro atoms. The summed E-state index contributed by atoms with van der Waals surface area (Å²) < 4.78 is 57.0. The summed E-state index contributed by atoms with van der Waals surface area (Å²) in [7, 11) is 0. The summed E-state index contributed by atoms with van der Waals surface area (Å²) in [6.45, 7) is 5.00. The van der Waals surface area contributed by atoms with E-state index in [-0.39, 0.29) is 31.7 Å². The predicted molar refractivity (Wildman–Crippen MR) is 84.6 cm³/mol. The first-order valence-electron chi connectivity index (χ1n) is 7.97. The van der Waals surface area contributed by atoms with Crippen LogP contribution in [0.4, 0.5) is 22.4 Å². The fourth-order valence-electron chi connectivity index (χ4n) is 2.48. The fourth-order valence-corrected chi connectivity index (χ4v) is 2.48. The van der Waals surface area contributed by atoms with E-state index in [0.29, 0.717) is 6.07 Å². The van der Waals surface area contributed by atoms with Gasteiger partial charge in [-0.05, 0) is 44.5 Å². The van der Waals surface area contributed by atoms with Crippen molar-refractivity contribution in [1.82, 2.24) is 9.80 Å². The van der Waals surface area contributed by atoms with Crippen LogP contribution in [0.3, 0.4) is 0 Å². The molecule has 1 heterocycles. The highest BCUT2D eigenvalue weighted by atomic mass is 19.4. The quantitative estimate of drug-likeness (QED) is 0.743. The summed E-state index contributed by atoms with van der Waals surface area (Å²) in [5, 5.41) is 0. The summed E-state index contributed by atoms with van der Waals surface area (Å²) in [5.74, 6) is -1.46. The molecule has 2 rings (SSSR count). The van der Waals surface area contributed by atoms with Gasteiger partial charge in [-0.15, -0.1) is 0 Å². The number of rotatable bonds is 2. The Kier molecular flexibility index (Phi) is 5.48. The Morgan fingerprint density at radius 3 is 2.35 bits per heavy atom.